The second-order valence-electron chi connectivity index (χ2n) is 5.48. The van der Waals surface area contributed by atoms with Gasteiger partial charge in [0.05, 0.1) is 0 Å². The third-order valence-electron chi connectivity index (χ3n) is 3.12. The summed E-state index contributed by atoms with van der Waals surface area (Å²) in [5, 5.41) is 0. The van der Waals surface area contributed by atoms with E-state index in [1.807, 2.05) is 18.2 Å². The van der Waals surface area contributed by atoms with Gasteiger partial charge in [-0.1, -0.05) is 55.8 Å². The highest BCUT2D eigenvalue weighted by molar-refractivity contribution is 7.16. The van der Waals surface area contributed by atoms with Gasteiger partial charge >= 0.3 is 0 Å². The molecule has 0 saturated carbocycles. The first kappa shape index (κ1) is 14.7. The summed E-state index contributed by atoms with van der Waals surface area (Å²) in [4.78, 5) is 13.9. The van der Waals surface area contributed by atoms with Crippen LogP contribution in [0.3, 0.4) is 0 Å². The molecule has 2 rings (SSSR count). The monoisotopic (exact) mass is 284 g/mol. The third-order valence-corrected chi connectivity index (χ3v) is 4.69. The van der Waals surface area contributed by atoms with Crippen LogP contribution in [0.2, 0.25) is 0 Å². The van der Waals surface area contributed by atoms with E-state index in [1.165, 1.54) is 20.9 Å². The number of hydrogen-bond acceptors (Lipinski definition) is 2. The van der Waals surface area contributed by atoms with E-state index in [0.717, 1.165) is 17.4 Å². The number of aldehydes is 1. The summed E-state index contributed by atoms with van der Waals surface area (Å²) < 4.78 is 0. The summed E-state index contributed by atoms with van der Waals surface area (Å²) in [5.41, 5.74) is 4.31. The van der Waals surface area contributed by atoms with Crippen LogP contribution in [0.1, 0.15) is 54.4 Å². The van der Waals surface area contributed by atoms with Crippen LogP contribution in [0, 0.1) is 0 Å². The lowest BCUT2D eigenvalue weighted by molar-refractivity contribution is 0.112. The van der Waals surface area contributed by atoms with Crippen molar-refractivity contribution < 1.29 is 4.79 Å². The summed E-state index contributed by atoms with van der Waals surface area (Å²) in [6.07, 6.45) is 3.13. The highest BCUT2D eigenvalue weighted by atomic mass is 32.1. The standard InChI is InChI=1S/C18H20OS/c1-12(2)10-15-16(11-19)17(13(3)4)20-18(15)14-8-6-5-7-9-14/h5-11,13H,1-4H3. The Hall–Kier alpha value is -1.67. The Morgan fingerprint density at radius 2 is 1.75 bits per heavy atom. The van der Waals surface area contributed by atoms with Gasteiger partial charge in [0.25, 0.3) is 0 Å². The van der Waals surface area contributed by atoms with Crippen LogP contribution in [0.5, 0.6) is 0 Å². The smallest absolute Gasteiger partial charge is 0.151 e. The Labute approximate surface area is 125 Å². The van der Waals surface area contributed by atoms with Crippen molar-refractivity contribution in [3.8, 4) is 10.4 Å². The minimum atomic E-state index is 0.363. The molecule has 0 spiro atoms. The Bertz CT molecular complexity index is 629. The number of allylic oxidation sites excluding steroid dienone is 1. The number of benzene rings is 1. The normalized spacial score (nSPS) is 10.7. The van der Waals surface area contributed by atoms with Crippen LogP contribution < -0.4 is 0 Å². The molecule has 0 N–H and O–H groups in total. The topological polar surface area (TPSA) is 17.1 Å². The third kappa shape index (κ3) is 2.91. The molecule has 0 saturated heterocycles. The second-order valence-corrected chi connectivity index (χ2v) is 6.54. The SMILES string of the molecule is CC(C)=Cc1c(-c2ccccc2)sc(C(C)C)c1C=O. The average Bonchev–Trinajstić information content (AvgIpc) is 2.77. The van der Waals surface area contributed by atoms with Crippen LogP contribution >= 0.6 is 11.3 Å². The van der Waals surface area contributed by atoms with Crippen molar-refractivity contribution >= 4 is 23.7 Å². The first-order valence-corrected chi connectivity index (χ1v) is 7.68. The Balaban J connectivity index is 2.73. The van der Waals surface area contributed by atoms with Crippen molar-refractivity contribution in [3.05, 3.63) is 51.9 Å². The van der Waals surface area contributed by atoms with E-state index in [9.17, 15) is 4.79 Å². The molecule has 20 heavy (non-hydrogen) atoms. The van der Waals surface area contributed by atoms with E-state index >= 15 is 0 Å². The zero-order chi connectivity index (χ0) is 14.7. The van der Waals surface area contributed by atoms with E-state index in [4.69, 9.17) is 0 Å². The van der Waals surface area contributed by atoms with Gasteiger partial charge in [-0.25, -0.2) is 0 Å². The molecule has 0 radical (unpaired) electrons. The van der Waals surface area contributed by atoms with Crippen LogP contribution in [0.4, 0.5) is 0 Å². The molecule has 0 aliphatic rings. The lowest BCUT2D eigenvalue weighted by Gasteiger charge is -2.02. The minimum Gasteiger partial charge on any atom is -0.298 e. The van der Waals surface area contributed by atoms with Gasteiger partial charge < -0.3 is 0 Å². The number of carbonyl (C=O) groups is 1. The molecule has 0 unspecified atom stereocenters. The van der Waals surface area contributed by atoms with Crippen LogP contribution in [0.25, 0.3) is 16.5 Å². The van der Waals surface area contributed by atoms with E-state index < -0.39 is 0 Å². The van der Waals surface area contributed by atoms with Gasteiger partial charge in [-0.15, -0.1) is 11.3 Å². The first-order chi connectivity index (χ1) is 9.54. The molecule has 0 fully saturated rings. The largest absolute Gasteiger partial charge is 0.298 e. The molecule has 0 bridgehead atoms. The van der Waals surface area contributed by atoms with E-state index in [2.05, 4.69) is 45.9 Å². The van der Waals surface area contributed by atoms with Gasteiger partial charge in [0.2, 0.25) is 0 Å². The van der Waals surface area contributed by atoms with E-state index in [-0.39, 0.29) is 0 Å². The Morgan fingerprint density at radius 3 is 2.25 bits per heavy atom. The highest BCUT2D eigenvalue weighted by Gasteiger charge is 2.19. The minimum absolute atomic E-state index is 0.363. The molecule has 1 nitrogen and oxygen atoms in total. The second kappa shape index (κ2) is 6.19. The molecule has 1 aromatic heterocycles. The maximum absolute atomic E-state index is 11.6. The van der Waals surface area contributed by atoms with Gasteiger partial charge in [0, 0.05) is 20.9 Å². The van der Waals surface area contributed by atoms with Crippen molar-refractivity contribution in [2.24, 2.45) is 0 Å². The van der Waals surface area contributed by atoms with Gasteiger partial charge in [-0.05, 0) is 25.3 Å². The first-order valence-electron chi connectivity index (χ1n) is 6.86. The summed E-state index contributed by atoms with van der Waals surface area (Å²) in [5.74, 6) is 0.363. The lowest BCUT2D eigenvalue weighted by Crippen LogP contribution is -1.91. The molecule has 104 valence electrons. The van der Waals surface area contributed by atoms with E-state index in [1.54, 1.807) is 11.3 Å². The Kier molecular flexibility index (Phi) is 4.56. The lowest BCUT2D eigenvalue weighted by atomic mass is 10.00. The van der Waals surface area contributed by atoms with Crippen molar-refractivity contribution in [3.63, 3.8) is 0 Å². The van der Waals surface area contributed by atoms with Crippen molar-refractivity contribution in [2.45, 2.75) is 33.6 Å². The number of rotatable bonds is 4. The molecule has 2 heteroatoms. The maximum atomic E-state index is 11.6. The van der Waals surface area contributed by atoms with Crippen LogP contribution in [-0.2, 0) is 0 Å². The fraction of sp³-hybridized carbons (Fsp3) is 0.278. The molecule has 2 aromatic rings. The molecule has 0 amide bonds. The molecular weight excluding hydrogens is 264 g/mol. The van der Waals surface area contributed by atoms with Crippen molar-refractivity contribution in [1.82, 2.24) is 0 Å². The number of carbonyl (C=O) groups excluding carboxylic acids is 1. The molecule has 0 aliphatic heterocycles. The van der Waals surface area contributed by atoms with E-state index in [0.29, 0.717) is 5.92 Å². The highest BCUT2D eigenvalue weighted by Crippen LogP contribution is 2.40. The number of thiophene rings is 1. The fourth-order valence-electron chi connectivity index (χ4n) is 2.26. The summed E-state index contributed by atoms with van der Waals surface area (Å²) >= 11 is 1.74. The molecule has 0 aliphatic carbocycles. The average molecular weight is 284 g/mol. The van der Waals surface area contributed by atoms with Gasteiger partial charge in [0.15, 0.2) is 6.29 Å². The Morgan fingerprint density at radius 1 is 1.10 bits per heavy atom. The maximum Gasteiger partial charge on any atom is 0.151 e. The molecule has 1 heterocycles. The zero-order valence-corrected chi connectivity index (χ0v) is 13.3. The quantitative estimate of drug-likeness (QED) is 0.651. The van der Waals surface area contributed by atoms with Crippen LogP contribution in [-0.4, -0.2) is 6.29 Å². The predicted molar refractivity (Wildman–Crippen MR) is 88.6 cm³/mol. The number of hydrogen-bond donors (Lipinski definition) is 0. The summed E-state index contributed by atoms with van der Waals surface area (Å²) in [6.45, 7) is 8.41. The fourth-order valence-corrected chi connectivity index (χ4v) is 3.52. The zero-order valence-electron chi connectivity index (χ0n) is 12.4. The van der Waals surface area contributed by atoms with Gasteiger partial charge in [0.1, 0.15) is 0 Å². The van der Waals surface area contributed by atoms with Crippen LogP contribution in [0.15, 0.2) is 35.9 Å². The molecule has 0 atom stereocenters. The van der Waals surface area contributed by atoms with Gasteiger partial charge in [-0.2, -0.15) is 0 Å². The molecule has 1 aromatic carbocycles. The van der Waals surface area contributed by atoms with Crippen molar-refractivity contribution in [1.29, 1.82) is 0 Å². The van der Waals surface area contributed by atoms with Gasteiger partial charge in [-0.3, -0.25) is 4.79 Å². The summed E-state index contributed by atoms with van der Waals surface area (Å²) in [6, 6.07) is 10.3. The van der Waals surface area contributed by atoms with Crippen molar-refractivity contribution in [2.75, 3.05) is 0 Å². The predicted octanol–water partition coefficient (Wildman–Crippen LogP) is 5.77. The molecular formula is C18H20OS. The summed E-state index contributed by atoms with van der Waals surface area (Å²) in [7, 11) is 0.